The van der Waals surface area contributed by atoms with Crippen molar-refractivity contribution in [1.29, 1.82) is 0 Å². The van der Waals surface area contributed by atoms with Gasteiger partial charge in [0.25, 0.3) is 0 Å². The number of hydrogen-bond donors (Lipinski definition) is 1. The molecule has 1 aromatic carbocycles. The van der Waals surface area contributed by atoms with Gasteiger partial charge in [0.1, 0.15) is 12.4 Å². The van der Waals surface area contributed by atoms with Crippen LogP contribution in [-0.4, -0.2) is 38.1 Å². The molecule has 108 valence electrons. The number of fused-ring (bicyclic) bond motifs is 1. The number of benzene rings is 1. The summed E-state index contributed by atoms with van der Waals surface area (Å²) in [5, 5.41) is 3.76. The zero-order valence-corrected chi connectivity index (χ0v) is 11.6. The van der Waals surface area contributed by atoms with E-state index in [4.69, 9.17) is 14.2 Å². The van der Waals surface area contributed by atoms with E-state index in [-0.39, 0.29) is 5.60 Å². The highest BCUT2D eigenvalue weighted by atomic mass is 16.6. The standard InChI is InChI=1S/C16H21NO3/c1-2-4-15-13(3-1)14(10-19-15)17-12-5-7-20-16(9-12)6-8-18-11-16/h1-4,12,14,17H,5-11H2. The highest BCUT2D eigenvalue weighted by Crippen LogP contribution is 2.36. The van der Waals surface area contributed by atoms with Crippen molar-refractivity contribution >= 4 is 0 Å². The van der Waals surface area contributed by atoms with Crippen LogP contribution in [-0.2, 0) is 9.47 Å². The number of nitrogens with one attached hydrogen (secondary N) is 1. The van der Waals surface area contributed by atoms with Gasteiger partial charge in [0.2, 0.25) is 0 Å². The Hall–Kier alpha value is -1.10. The Kier molecular flexibility index (Phi) is 3.17. The molecule has 4 rings (SSSR count). The Labute approximate surface area is 119 Å². The number of rotatable bonds is 2. The molecule has 0 aromatic heterocycles. The van der Waals surface area contributed by atoms with Gasteiger partial charge in [0, 0.05) is 31.2 Å². The SMILES string of the molecule is c1ccc2c(c1)OCC2NC1CCOC2(CCOC2)C1. The van der Waals surface area contributed by atoms with E-state index in [1.54, 1.807) is 0 Å². The maximum Gasteiger partial charge on any atom is 0.124 e. The van der Waals surface area contributed by atoms with Crippen molar-refractivity contribution in [1.82, 2.24) is 5.32 Å². The van der Waals surface area contributed by atoms with Crippen LogP contribution >= 0.6 is 0 Å². The minimum Gasteiger partial charge on any atom is -0.491 e. The average Bonchev–Trinajstić information content (AvgIpc) is 3.08. The van der Waals surface area contributed by atoms with Crippen LogP contribution in [0.3, 0.4) is 0 Å². The van der Waals surface area contributed by atoms with E-state index >= 15 is 0 Å². The lowest BCUT2D eigenvalue weighted by atomic mass is 9.89. The largest absolute Gasteiger partial charge is 0.491 e. The van der Waals surface area contributed by atoms with E-state index in [1.807, 2.05) is 12.1 Å². The highest BCUT2D eigenvalue weighted by molar-refractivity contribution is 5.39. The third-order valence-electron chi connectivity index (χ3n) is 4.70. The molecular formula is C16H21NO3. The second-order valence-electron chi connectivity index (χ2n) is 6.09. The Morgan fingerprint density at radius 1 is 1.20 bits per heavy atom. The molecule has 20 heavy (non-hydrogen) atoms. The smallest absolute Gasteiger partial charge is 0.124 e. The third kappa shape index (κ3) is 2.22. The Morgan fingerprint density at radius 2 is 2.15 bits per heavy atom. The molecule has 3 atom stereocenters. The van der Waals surface area contributed by atoms with Gasteiger partial charge in [-0.2, -0.15) is 0 Å². The molecular weight excluding hydrogens is 254 g/mol. The van der Waals surface area contributed by atoms with Crippen molar-refractivity contribution in [3.05, 3.63) is 29.8 Å². The fourth-order valence-corrected chi connectivity index (χ4v) is 3.62. The molecule has 4 heteroatoms. The predicted molar refractivity (Wildman–Crippen MR) is 75.0 cm³/mol. The molecule has 3 aliphatic rings. The van der Waals surface area contributed by atoms with Crippen molar-refractivity contribution in [3.8, 4) is 5.75 Å². The van der Waals surface area contributed by atoms with Gasteiger partial charge in [0.15, 0.2) is 0 Å². The van der Waals surface area contributed by atoms with E-state index in [0.717, 1.165) is 51.4 Å². The first-order valence-corrected chi connectivity index (χ1v) is 7.54. The van der Waals surface area contributed by atoms with Crippen LogP contribution in [0.1, 0.15) is 30.9 Å². The molecule has 0 aliphatic carbocycles. The van der Waals surface area contributed by atoms with Gasteiger partial charge in [-0.1, -0.05) is 18.2 Å². The molecule has 0 saturated carbocycles. The zero-order valence-electron chi connectivity index (χ0n) is 11.6. The predicted octanol–water partition coefficient (Wildman–Crippen LogP) is 2.05. The third-order valence-corrected chi connectivity index (χ3v) is 4.70. The molecule has 0 bridgehead atoms. The summed E-state index contributed by atoms with van der Waals surface area (Å²) in [5.74, 6) is 1.02. The Balaban J connectivity index is 1.45. The molecule has 0 amide bonds. The summed E-state index contributed by atoms with van der Waals surface area (Å²) < 4.78 is 17.3. The summed E-state index contributed by atoms with van der Waals surface area (Å²) in [6, 6.07) is 9.12. The first kappa shape index (κ1) is 12.6. The maximum absolute atomic E-state index is 5.99. The van der Waals surface area contributed by atoms with Crippen LogP contribution in [0.4, 0.5) is 0 Å². The van der Waals surface area contributed by atoms with Crippen LogP contribution in [0, 0.1) is 0 Å². The van der Waals surface area contributed by atoms with Crippen LogP contribution in [0.15, 0.2) is 24.3 Å². The topological polar surface area (TPSA) is 39.7 Å². The van der Waals surface area contributed by atoms with E-state index in [9.17, 15) is 0 Å². The van der Waals surface area contributed by atoms with Crippen LogP contribution < -0.4 is 10.1 Å². The van der Waals surface area contributed by atoms with E-state index in [1.165, 1.54) is 5.56 Å². The molecule has 1 aromatic rings. The Bertz CT molecular complexity index is 484. The molecule has 3 unspecified atom stereocenters. The quantitative estimate of drug-likeness (QED) is 0.896. The van der Waals surface area contributed by atoms with Crippen molar-refractivity contribution < 1.29 is 14.2 Å². The zero-order chi connectivity index (χ0) is 13.4. The highest BCUT2D eigenvalue weighted by Gasteiger charge is 2.41. The molecule has 0 radical (unpaired) electrons. The van der Waals surface area contributed by atoms with Gasteiger partial charge >= 0.3 is 0 Å². The van der Waals surface area contributed by atoms with E-state index in [0.29, 0.717) is 12.1 Å². The maximum atomic E-state index is 5.99. The minimum atomic E-state index is -0.0328. The second kappa shape index (κ2) is 5.02. The summed E-state index contributed by atoms with van der Waals surface area (Å²) in [6.07, 6.45) is 3.15. The lowest BCUT2D eigenvalue weighted by Crippen LogP contribution is -2.48. The summed E-state index contributed by atoms with van der Waals surface area (Å²) in [6.45, 7) is 3.15. The lowest BCUT2D eigenvalue weighted by Gasteiger charge is -2.38. The molecule has 1 spiro atoms. The molecule has 1 N–H and O–H groups in total. The molecule has 2 fully saturated rings. The number of para-hydroxylation sites is 1. The van der Waals surface area contributed by atoms with Gasteiger partial charge in [-0.05, 0) is 18.9 Å². The fraction of sp³-hybridized carbons (Fsp3) is 0.625. The van der Waals surface area contributed by atoms with Gasteiger partial charge in [-0.3, -0.25) is 0 Å². The summed E-state index contributed by atoms with van der Waals surface area (Å²) in [5.41, 5.74) is 1.25. The van der Waals surface area contributed by atoms with Crippen molar-refractivity contribution in [2.45, 2.75) is 36.9 Å². The second-order valence-corrected chi connectivity index (χ2v) is 6.09. The number of ether oxygens (including phenoxy) is 3. The molecule has 3 heterocycles. The van der Waals surface area contributed by atoms with E-state index < -0.39 is 0 Å². The van der Waals surface area contributed by atoms with Gasteiger partial charge in [-0.25, -0.2) is 0 Å². The monoisotopic (exact) mass is 275 g/mol. The summed E-state index contributed by atoms with van der Waals surface area (Å²) >= 11 is 0. The summed E-state index contributed by atoms with van der Waals surface area (Å²) in [4.78, 5) is 0. The lowest BCUT2D eigenvalue weighted by molar-refractivity contribution is -0.0905. The molecule has 4 nitrogen and oxygen atoms in total. The fourth-order valence-electron chi connectivity index (χ4n) is 3.62. The Morgan fingerprint density at radius 3 is 3.05 bits per heavy atom. The minimum absolute atomic E-state index is 0.0328. The first-order valence-electron chi connectivity index (χ1n) is 7.54. The summed E-state index contributed by atoms with van der Waals surface area (Å²) in [7, 11) is 0. The van der Waals surface area contributed by atoms with Crippen LogP contribution in [0.2, 0.25) is 0 Å². The molecule has 3 aliphatic heterocycles. The number of hydrogen-bond acceptors (Lipinski definition) is 4. The molecule has 2 saturated heterocycles. The average molecular weight is 275 g/mol. The van der Waals surface area contributed by atoms with Gasteiger partial charge in [0.05, 0.1) is 18.2 Å². The van der Waals surface area contributed by atoms with Crippen molar-refractivity contribution in [2.75, 3.05) is 26.4 Å². The first-order chi connectivity index (χ1) is 9.85. The van der Waals surface area contributed by atoms with Crippen LogP contribution in [0.5, 0.6) is 5.75 Å². The van der Waals surface area contributed by atoms with E-state index in [2.05, 4.69) is 17.4 Å². The van der Waals surface area contributed by atoms with Gasteiger partial charge < -0.3 is 19.5 Å². The van der Waals surface area contributed by atoms with Crippen molar-refractivity contribution in [2.24, 2.45) is 0 Å². The van der Waals surface area contributed by atoms with Gasteiger partial charge in [-0.15, -0.1) is 0 Å². The van der Waals surface area contributed by atoms with Crippen LogP contribution in [0.25, 0.3) is 0 Å². The normalized spacial score (nSPS) is 36.0. The van der Waals surface area contributed by atoms with Crippen molar-refractivity contribution in [3.63, 3.8) is 0 Å².